The minimum atomic E-state index is 0.836. The summed E-state index contributed by atoms with van der Waals surface area (Å²) in [6.45, 7) is 3.68. The second-order valence-corrected chi connectivity index (χ2v) is 4.79. The lowest BCUT2D eigenvalue weighted by Crippen LogP contribution is -2.41. The van der Waals surface area contributed by atoms with Crippen LogP contribution in [-0.2, 0) is 0 Å². The van der Waals surface area contributed by atoms with Crippen molar-refractivity contribution in [1.29, 1.82) is 0 Å². The first-order valence-corrected chi connectivity index (χ1v) is 6.64. The highest BCUT2D eigenvalue weighted by atomic mass is 32.2. The third-order valence-electron chi connectivity index (χ3n) is 2.79. The highest BCUT2D eigenvalue weighted by Gasteiger charge is 2.16. The zero-order chi connectivity index (χ0) is 9.52. The summed E-state index contributed by atoms with van der Waals surface area (Å²) in [6, 6.07) is 0.836. The van der Waals surface area contributed by atoms with Gasteiger partial charge in [-0.2, -0.15) is 11.8 Å². The van der Waals surface area contributed by atoms with Crippen LogP contribution in [0.1, 0.15) is 19.3 Å². The zero-order valence-corrected chi connectivity index (χ0v) is 9.70. The van der Waals surface area contributed by atoms with Crippen LogP contribution in [0.15, 0.2) is 0 Å². The van der Waals surface area contributed by atoms with Crippen molar-refractivity contribution < 1.29 is 0 Å². The Morgan fingerprint density at radius 1 is 1.38 bits per heavy atom. The minimum absolute atomic E-state index is 0.836. The van der Waals surface area contributed by atoms with E-state index in [1.807, 2.05) is 11.8 Å². The summed E-state index contributed by atoms with van der Waals surface area (Å²) in [4.78, 5) is 2.54. The van der Waals surface area contributed by atoms with E-state index in [9.17, 15) is 0 Å². The molecule has 1 N–H and O–H groups in total. The van der Waals surface area contributed by atoms with E-state index in [0.717, 1.165) is 6.04 Å². The van der Waals surface area contributed by atoms with Crippen LogP contribution in [0.4, 0.5) is 0 Å². The average Bonchev–Trinajstić information content (AvgIpc) is 2.19. The number of rotatable bonds is 5. The van der Waals surface area contributed by atoms with Crippen molar-refractivity contribution in [1.82, 2.24) is 10.2 Å². The van der Waals surface area contributed by atoms with Crippen molar-refractivity contribution in [3.8, 4) is 0 Å². The molecule has 0 spiro atoms. The topological polar surface area (TPSA) is 15.3 Å². The van der Waals surface area contributed by atoms with Crippen LogP contribution in [0.5, 0.6) is 0 Å². The van der Waals surface area contributed by atoms with Gasteiger partial charge in [0.25, 0.3) is 0 Å². The van der Waals surface area contributed by atoms with Gasteiger partial charge in [-0.25, -0.2) is 0 Å². The van der Waals surface area contributed by atoms with Gasteiger partial charge in [0, 0.05) is 6.04 Å². The molecule has 2 nitrogen and oxygen atoms in total. The summed E-state index contributed by atoms with van der Waals surface area (Å²) in [7, 11) is 2.27. The molecule has 0 amide bonds. The predicted octanol–water partition coefficient (Wildman–Crippen LogP) is 1.42. The first-order chi connectivity index (χ1) is 6.34. The molecule has 0 aromatic carbocycles. The normalized spacial score (nSPS) is 19.6. The van der Waals surface area contributed by atoms with Crippen molar-refractivity contribution in [2.75, 3.05) is 38.7 Å². The summed E-state index contributed by atoms with van der Waals surface area (Å²) in [6.07, 6.45) is 6.18. The lowest BCUT2D eigenvalue weighted by molar-refractivity contribution is 0.200. The van der Waals surface area contributed by atoms with E-state index in [2.05, 4.69) is 23.5 Å². The van der Waals surface area contributed by atoms with Crippen LogP contribution in [0.3, 0.4) is 0 Å². The molecule has 0 unspecified atom stereocenters. The van der Waals surface area contributed by atoms with Crippen molar-refractivity contribution in [2.45, 2.75) is 25.3 Å². The number of hydrogen-bond donors (Lipinski definition) is 1. The maximum Gasteiger partial charge on any atom is 0.0116 e. The van der Waals surface area contributed by atoms with Gasteiger partial charge in [0.1, 0.15) is 0 Å². The molecule has 1 aliphatic rings. The second-order valence-electron chi connectivity index (χ2n) is 3.81. The molecule has 0 aliphatic carbocycles. The molecule has 0 bridgehead atoms. The zero-order valence-electron chi connectivity index (χ0n) is 8.88. The molecule has 1 aliphatic heterocycles. The van der Waals surface area contributed by atoms with Gasteiger partial charge in [0.15, 0.2) is 0 Å². The molecule has 0 atom stereocenters. The maximum absolute atomic E-state index is 3.41. The fourth-order valence-electron chi connectivity index (χ4n) is 1.89. The van der Waals surface area contributed by atoms with Crippen molar-refractivity contribution in [2.24, 2.45) is 0 Å². The third kappa shape index (κ3) is 4.34. The average molecular weight is 202 g/mol. The Kier molecular flexibility index (Phi) is 5.83. The number of thioether (sulfide) groups is 1. The molecule has 0 aromatic rings. The molecule has 0 saturated carbocycles. The van der Waals surface area contributed by atoms with Gasteiger partial charge in [0.2, 0.25) is 0 Å². The molecular formula is C10H22N2S. The van der Waals surface area contributed by atoms with Crippen molar-refractivity contribution >= 4 is 11.8 Å². The predicted molar refractivity (Wildman–Crippen MR) is 61.5 cm³/mol. The molecule has 1 rings (SSSR count). The summed E-state index contributed by atoms with van der Waals surface area (Å²) in [5.41, 5.74) is 0. The van der Waals surface area contributed by atoms with E-state index in [0.29, 0.717) is 0 Å². The molecule has 1 saturated heterocycles. The Bertz CT molecular complexity index is 124. The highest BCUT2D eigenvalue weighted by Crippen LogP contribution is 2.10. The van der Waals surface area contributed by atoms with Crippen LogP contribution in [0, 0.1) is 0 Å². The second kappa shape index (κ2) is 6.68. The SMILES string of the molecule is CSCCCN(C)C1CCNCC1. The fraction of sp³-hybridized carbons (Fsp3) is 1.00. The van der Waals surface area contributed by atoms with E-state index in [4.69, 9.17) is 0 Å². The Morgan fingerprint density at radius 3 is 2.69 bits per heavy atom. The van der Waals surface area contributed by atoms with Crippen LogP contribution in [0.25, 0.3) is 0 Å². The Balaban J connectivity index is 2.09. The number of piperidine rings is 1. The molecule has 0 radical (unpaired) electrons. The van der Waals surface area contributed by atoms with E-state index < -0.39 is 0 Å². The quantitative estimate of drug-likeness (QED) is 0.679. The van der Waals surface area contributed by atoms with Crippen LogP contribution in [0.2, 0.25) is 0 Å². The van der Waals surface area contributed by atoms with Gasteiger partial charge in [-0.15, -0.1) is 0 Å². The van der Waals surface area contributed by atoms with Crippen molar-refractivity contribution in [3.05, 3.63) is 0 Å². The Labute approximate surface area is 86.5 Å². The molecule has 1 fully saturated rings. The molecule has 3 heteroatoms. The third-order valence-corrected chi connectivity index (χ3v) is 3.49. The van der Waals surface area contributed by atoms with E-state index in [1.165, 1.54) is 44.6 Å². The van der Waals surface area contributed by atoms with Crippen molar-refractivity contribution in [3.63, 3.8) is 0 Å². The van der Waals surface area contributed by atoms with E-state index >= 15 is 0 Å². The molecule has 78 valence electrons. The number of nitrogens with zero attached hydrogens (tertiary/aromatic N) is 1. The lowest BCUT2D eigenvalue weighted by Gasteiger charge is -2.31. The van der Waals surface area contributed by atoms with Gasteiger partial charge in [0.05, 0.1) is 0 Å². The molecule has 0 aromatic heterocycles. The maximum atomic E-state index is 3.41. The summed E-state index contributed by atoms with van der Waals surface area (Å²) in [5.74, 6) is 1.30. The summed E-state index contributed by atoms with van der Waals surface area (Å²) < 4.78 is 0. The first kappa shape index (κ1) is 11.3. The van der Waals surface area contributed by atoms with E-state index in [1.54, 1.807) is 0 Å². The Hall–Kier alpha value is 0.270. The number of nitrogens with one attached hydrogen (secondary N) is 1. The number of hydrogen-bond acceptors (Lipinski definition) is 3. The van der Waals surface area contributed by atoms with Gasteiger partial charge in [-0.1, -0.05) is 0 Å². The summed E-state index contributed by atoms with van der Waals surface area (Å²) >= 11 is 1.95. The smallest absolute Gasteiger partial charge is 0.0116 e. The minimum Gasteiger partial charge on any atom is -0.317 e. The van der Waals surface area contributed by atoms with Gasteiger partial charge >= 0.3 is 0 Å². The van der Waals surface area contributed by atoms with Crippen LogP contribution < -0.4 is 5.32 Å². The fourth-order valence-corrected chi connectivity index (χ4v) is 2.31. The largest absolute Gasteiger partial charge is 0.317 e. The van der Waals surface area contributed by atoms with Gasteiger partial charge in [-0.3, -0.25) is 0 Å². The first-order valence-electron chi connectivity index (χ1n) is 5.24. The standard InChI is InChI=1S/C10H22N2S/c1-12(8-3-9-13-2)10-4-6-11-7-5-10/h10-11H,3-9H2,1-2H3. The Morgan fingerprint density at radius 2 is 2.08 bits per heavy atom. The van der Waals surface area contributed by atoms with Gasteiger partial charge < -0.3 is 10.2 Å². The molecule has 1 heterocycles. The molecule has 13 heavy (non-hydrogen) atoms. The van der Waals surface area contributed by atoms with E-state index in [-0.39, 0.29) is 0 Å². The monoisotopic (exact) mass is 202 g/mol. The van der Waals surface area contributed by atoms with Crippen LogP contribution in [-0.4, -0.2) is 49.6 Å². The summed E-state index contributed by atoms with van der Waals surface area (Å²) in [5, 5.41) is 3.41. The van der Waals surface area contributed by atoms with Gasteiger partial charge in [-0.05, 0) is 58.0 Å². The lowest BCUT2D eigenvalue weighted by atomic mass is 10.1. The van der Waals surface area contributed by atoms with Crippen LogP contribution >= 0.6 is 11.8 Å². The molecular weight excluding hydrogens is 180 g/mol. The highest BCUT2D eigenvalue weighted by molar-refractivity contribution is 7.98.